The van der Waals surface area contributed by atoms with Gasteiger partial charge < -0.3 is 14.8 Å². The van der Waals surface area contributed by atoms with Gasteiger partial charge in [-0.2, -0.15) is 17.0 Å². The van der Waals surface area contributed by atoms with Crippen LogP contribution < -0.4 is 5.32 Å². The van der Waals surface area contributed by atoms with Crippen molar-refractivity contribution in [1.29, 1.82) is 0 Å². The second kappa shape index (κ2) is 10.3. The van der Waals surface area contributed by atoms with E-state index in [-0.39, 0.29) is 24.7 Å². The molecule has 2 fully saturated rings. The van der Waals surface area contributed by atoms with Crippen LogP contribution in [0.1, 0.15) is 29.8 Å². The molecule has 1 aromatic rings. The first-order valence-electron chi connectivity index (χ1n) is 10.7. The summed E-state index contributed by atoms with van der Waals surface area (Å²) >= 11 is 0. The van der Waals surface area contributed by atoms with E-state index in [2.05, 4.69) is 5.32 Å². The van der Waals surface area contributed by atoms with Crippen LogP contribution in [0.4, 0.5) is 5.69 Å². The zero-order chi connectivity index (χ0) is 23.5. The van der Waals surface area contributed by atoms with Crippen molar-refractivity contribution < 1.29 is 27.5 Å². The third-order valence-electron chi connectivity index (χ3n) is 5.67. The van der Waals surface area contributed by atoms with E-state index in [1.54, 1.807) is 18.2 Å². The summed E-state index contributed by atoms with van der Waals surface area (Å²) in [6, 6.07) is 4.99. The van der Waals surface area contributed by atoms with E-state index >= 15 is 0 Å². The van der Waals surface area contributed by atoms with Crippen molar-refractivity contribution in [2.75, 3.05) is 58.2 Å². The van der Waals surface area contributed by atoms with Crippen LogP contribution >= 0.6 is 0 Å². The Morgan fingerprint density at radius 3 is 2.31 bits per heavy atom. The molecule has 32 heavy (non-hydrogen) atoms. The number of methoxy groups -OCH3 is 1. The number of ether oxygens (including phenoxy) is 2. The number of aryl methyl sites for hydroxylation is 1. The minimum absolute atomic E-state index is 0.139. The van der Waals surface area contributed by atoms with E-state index in [0.29, 0.717) is 50.5 Å². The molecule has 10 nitrogen and oxygen atoms in total. The van der Waals surface area contributed by atoms with Crippen molar-refractivity contribution in [3.05, 3.63) is 29.3 Å². The maximum absolute atomic E-state index is 13.0. The molecule has 2 aliphatic rings. The van der Waals surface area contributed by atoms with Gasteiger partial charge in [0, 0.05) is 45.0 Å². The highest BCUT2D eigenvalue weighted by atomic mass is 32.2. The Balaban J connectivity index is 1.54. The third-order valence-corrected chi connectivity index (χ3v) is 7.64. The maximum atomic E-state index is 13.0. The minimum Gasteiger partial charge on any atom is -0.465 e. The number of anilines is 1. The second-order valence-electron chi connectivity index (χ2n) is 8.33. The van der Waals surface area contributed by atoms with Crippen LogP contribution in [0.3, 0.4) is 0 Å². The smallest absolute Gasteiger partial charge is 0.337 e. The Hall–Kier alpha value is -2.05. The standard InChI is InChI=1S/C21H32N4O6S/c1-15-5-6-18(21(27)30-4)11-19(15)22-20(26)14-23-7-9-24(10-8-23)32(28,29)25-12-16(2)31-17(3)13-25/h5-6,11,16-17H,7-10,12-14H2,1-4H3,(H,22,26). The van der Waals surface area contributed by atoms with Gasteiger partial charge in [-0.05, 0) is 38.5 Å². The van der Waals surface area contributed by atoms with Crippen LogP contribution in [0, 0.1) is 6.92 Å². The largest absolute Gasteiger partial charge is 0.465 e. The zero-order valence-electron chi connectivity index (χ0n) is 19.0. The molecular weight excluding hydrogens is 436 g/mol. The minimum atomic E-state index is -3.56. The van der Waals surface area contributed by atoms with E-state index in [1.807, 2.05) is 25.7 Å². The Morgan fingerprint density at radius 2 is 1.72 bits per heavy atom. The lowest BCUT2D eigenvalue weighted by Gasteiger charge is -2.40. The van der Waals surface area contributed by atoms with E-state index in [9.17, 15) is 18.0 Å². The fraction of sp³-hybridized carbons (Fsp3) is 0.619. The first-order valence-corrected chi connectivity index (χ1v) is 12.1. The molecule has 2 atom stereocenters. The summed E-state index contributed by atoms with van der Waals surface area (Å²) in [5.74, 6) is -0.691. The van der Waals surface area contributed by atoms with E-state index in [1.165, 1.54) is 15.7 Å². The summed E-state index contributed by atoms with van der Waals surface area (Å²) in [6.45, 7) is 7.99. The summed E-state index contributed by atoms with van der Waals surface area (Å²) in [7, 11) is -2.25. The van der Waals surface area contributed by atoms with Gasteiger partial charge in [0.05, 0.1) is 31.4 Å². The summed E-state index contributed by atoms with van der Waals surface area (Å²) in [6.07, 6.45) is -0.278. The molecule has 0 aliphatic carbocycles. The number of rotatable bonds is 6. The lowest BCUT2D eigenvalue weighted by Crippen LogP contribution is -2.57. The number of esters is 1. The lowest BCUT2D eigenvalue weighted by atomic mass is 10.1. The van der Waals surface area contributed by atoms with Gasteiger partial charge in [0.25, 0.3) is 10.2 Å². The van der Waals surface area contributed by atoms with Gasteiger partial charge in [-0.1, -0.05) is 6.07 Å². The second-order valence-corrected chi connectivity index (χ2v) is 10.3. The number of morpholine rings is 1. The summed E-state index contributed by atoms with van der Waals surface area (Å²) in [5.41, 5.74) is 1.74. The van der Waals surface area contributed by atoms with E-state index < -0.39 is 16.2 Å². The average Bonchev–Trinajstić information content (AvgIpc) is 2.74. The molecule has 0 saturated carbocycles. The number of nitrogens with one attached hydrogen (secondary N) is 1. The highest BCUT2D eigenvalue weighted by Crippen LogP contribution is 2.20. The molecule has 1 aromatic carbocycles. The topological polar surface area (TPSA) is 108 Å². The number of nitrogens with zero attached hydrogens (tertiary/aromatic N) is 3. The highest BCUT2D eigenvalue weighted by molar-refractivity contribution is 7.86. The molecule has 2 heterocycles. The van der Waals surface area contributed by atoms with Gasteiger partial charge >= 0.3 is 5.97 Å². The third kappa shape index (κ3) is 5.84. The predicted molar refractivity (Wildman–Crippen MR) is 120 cm³/mol. The first kappa shape index (κ1) is 24.6. The SMILES string of the molecule is COC(=O)c1ccc(C)c(NC(=O)CN2CCN(S(=O)(=O)N3CC(C)OC(C)C3)CC2)c1. The normalized spacial score (nSPS) is 23.6. The molecule has 0 radical (unpaired) electrons. The molecule has 1 N–H and O–H groups in total. The number of hydrogen-bond donors (Lipinski definition) is 1. The lowest BCUT2D eigenvalue weighted by molar-refractivity contribution is -0.117. The number of carbonyl (C=O) groups is 2. The molecule has 178 valence electrons. The Morgan fingerprint density at radius 1 is 1.09 bits per heavy atom. The van der Waals surface area contributed by atoms with Crippen LogP contribution in [-0.4, -0.2) is 98.9 Å². The van der Waals surface area contributed by atoms with Crippen molar-refractivity contribution in [3.8, 4) is 0 Å². The molecule has 2 saturated heterocycles. The predicted octanol–water partition coefficient (Wildman–Crippen LogP) is 0.692. The van der Waals surface area contributed by atoms with Crippen LogP contribution in [0.5, 0.6) is 0 Å². The molecule has 0 spiro atoms. The molecule has 0 bridgehead atoms. The molecule has 0 aromatic heterocycles. The fourth-order valence-corrected chi connectivity index (χ4v) is 5.74. The zero-order valence-corrected chi connectivity index (χ0v) is 19.9. The Bertz CT molecular complexity index is 936. The monoisotopic (exact) mass is 468 g/mol. The maximum Gasteiger partial charge on any atom is 0.337 e. The van der Waals surface area contributed by atoms with Crippen LogP contribution in [0.2, 0.25) is 0 Å². The Kier molecular flexibility index (Phi) is 7.88. The average molecular weight is 469 g/mol. The quantitative estimate of drug-likeness (QED) is 0.612. The van der Waals surface area contributed by atoms with E-state index in [4.69, 9.17) is 9.47 Å². The van der Waals surface area contributed by atoms with Crippen molar-refractivity contribution in [3.63, 3.8) is 0 Å². The van der Waals surface area contributed by atoms with Crippen molar-refractivity contribution >= 4 is 27.8 Å². The molecule has 2 unspecified atom stereocenters. The Labute approximate surface area is 189 Å². The van der Waals surface area contributed by atoms with Gasteiger partial charge in [-0.15, -0.1) is 0 Å². The molecule has 2 aliphatic heterocycles. The number of amides is 1. The number of hydrogen-bond acceptors (Lipinski definition) is 7. The van der Waals surface area contributed by atoms with Crippen molar-refractivity contribution in [2.45, 2.75) is 33.0 Å². The molecule has 3 rings (SSSR count). The number of benzene rings is 1. The van der Waals surface area contributed by atoms with E-state index in [0.717, 1.165) is 5.56 Å². The molecular formula is C21H32N4O6S. The van der Waals surface area contributed by atoms with Gasteiger partial charge in [-0.25, -0.2) is 4.79 Å². The molecule has 1 amide bonds. The van der Waals surface area contributed by atoms with Gasteiger partial charge in [0.15, 0.2) is 0 Å². The summed E-state index contributed by atoms with van der Waals surface area (Å²) in [4.78, 5) is 26.2. The van der Waals surface area contributed by atoms with Crippen LogP contribution in [0.15, 0.2) is 18.2 Å². The van der Waals surface area contributed by atoms with Gasteiger partial charge in [-0.3, -0.25) is 9.69 Å². The first-order chi connectivity index (χ1) is 15.1. The van der Waals surface area contributed by atoms with Crippen molar-refractivity contribution in [2.24, 2.45) is 0 Å². The molecule has 11 heteroatoms. The highest BCUT2D eigenvalue weighted by Gasteiger charge is 2.36. The van der Waals surface area contributed by atoms with Gasteiger partial charge in [0.2, 0.25) is 5.91 Å². The number of carbonyl (C=O) groups excluding carboxylic acids is 2. The van der Waals surface area contributed by atoms with Crippen LogP contribution in [0.25, 0.3) is 0 Å². The van der Waals surface area contributed by atoms with Gasteiger partial charge in [0.1, 0.15) is 0 Å². The number of piperazine rings is 1. The van der Waals surface area contributed by atoms with Crippen LogP contribution in [-0.2, 0) is 24.5 Å². The van der Waals surface area contributed by atoms with Crippen molar-refractivity contribution in [1.82, 2.24) is 13.5 Å². The summed E-state index contributed by atoms with van der Waals surface area (Å²) in [5, 5.41) is 2.84. The summed E-state index contributed by atoms with van der Waals surface area (Å²) < 4.78 is 39.4. The fourth-order valence-electron chi connectivity index (χ4n) is 4.00.